The van der Waals surface area contributed by atoms with E-state index in [1.807, 2.05) is 0 Å². The Morgan fingerprint density at radius 3 is 2.62 bits per heavy atom. The van der Waals surface area contributed by atoms with Gasteiger partial charge in [-0.1, -0.05) is 0 Å². The van der Waals surface area contributed by atoms with Crippen LogP contribution in [-0.4, -0.2) is 70.2 Å². The first-order valence-corrected chi connectivity index (χ1v) is 8.16. The number of nitrogens with zero attached hydrogens (tertiary/aromatic N) is 2. The summed E-state index contributed by atoms with van der Waals surface area (Å²) in [5.74, 6) is -1.75. The maximum Gasteiger partial charge on any atom is 1.00 e. The first-order chi connectivity index (χ1) is 11.9. The maximum atomic E-state index is 12.5. The number of hydrogen-bond acceptors (Lipinski definition) is 5. The molecule has 136 valence electrons. The number of carboxylic acids is 1. The van der Waals surface area contributed by atoms with Gasteiger partial charge in [0.2, 0.25) is 0 Å². The number of urea groups is 1. The summed E-state index contributed by atoms with van der Waals surface area (Å²) >= 11 is 0. The fraction of sp³-hybridized carbons (Fsp3) is 0.600. The number of hydrogen-bond donors (Lipinski definition) is 3. The number of carbonyl (C=O) groups excluding carboxylic acids is 3. The molecule has 4 aliphatic rings. The standard InChI is InChI=1S/C15H18N4O6.Na.H/c16-14(23)25-5-7-3-6-4-18(15(24)17-8-1-2-8)11-9(6)19(12(11)20)10(7)13(21)22;;/h6,8-9,11H,1-5H2,(H2,16,23)(H,17,24)(H,21,22);;/q;+1;-1/t6-,9-,11+;;/m1../s1. The number of carboxylic acid groups (broad SMARTS) is 1. The van der Waals surface area contributed by atoms with Gasteiger partial charge in [-0.15, -0.1) is 0 Å². The van der Waals surface area contributed by atoms with E-state index in [1.165, 1.54) is 9.80 Å². The molecule has 0 spiro atoms. The van der Waals surface area contributed by atoms with Crippen LogP contribution in [0.15, 0.2) is 11.3 Å². The Morgan fingerprint density at radius 2 is 2.04 bits per heavy atom. The van der Waals surface area contributed by atoms with Crippen LogP contribution in [-0.2, 0) is 14.3 Å². The molecule has 4 N–H and O–H groups in total. The molecule has 11 heteroatoms. The van der Waals surface area contributed by atoms with Gasteiger partial charge in [0.25, 0.3) is 5.91 Å². The molecular formula is C15H19N4NaO6. The third-order valence-corrected chi connectivity index (χ3v) is 5.20. The van der Waals surface area contributed by atoms with E-state index in [-0.39, 0.29) is 67.3 Å². The summed E-state index contributed by atoms with van der Waals surface area (Å²) in [4.78, 5) is 50.1. The Kier molecular flexibility index (Phi) is 4.93. The monoisotopic (exact) mass is 374 g/mol. The topological polar surface area (TPSA) is 142 Å². The third-order valence-electron chi connectivity index (χ3n) is 5.20. The van der Waals surface area contributed by atoms with Gasteiger partial charge in [-0.3, -0.25) is 9.69 Å². The fourth-order valence-electron chi connectivity index (χ4n) is 4.02. The SMILES string of the molecule is NC(=O)OCC1=C(C(=O)O)N2C(=O)[C@@H]3[C@H]2[C@H](C1)CN3C(=O)NC1CC1.[H-].[Na+]. The predicted molar refractivity (Wildman–Crippen MR) is 82.1 cm³/mol. The number of nitrogens with one attached hydrogen (secondary N) is 1. The van der Waals surface area contributed by atoms with Gasteiger partial charge in [0.05, 0.1) is 6.04 Å². The van der Waals surface area contributed by atoms with Crippen LogP contribution in [0, 0.1) is 5.92 Å². The number of ether oxygens (including phenoxy) is 1. The van der Waals surface area contributed by atoms with Gasteiger partial charge in [0, 0.05) is 18.5 Å². The van der Waals surface area contributed by atoms with Crippen LogP contribution in [0.1, 0.15) is 20.7 Å². The molecule has 1 saturated carbocycles. The first-order valence-electron chi connectivity index (χ1n) is 8.16. The van der Waals surface area contributed by atoms with Crippen molar-refractivity contribution in [3.63, 3.8) is 0 Å². The summed E-state index contributed by atoms with van der Waals surface area (Å²) in [6.45, 7) is 0.0893. The van der Waals surface area contributed by atoms with Gasteiger partial charge in [0.1, 0.15) is 18.3 Å². The van der Waals surface area contributed by atoms with Crippen molar-refractivity contribution in [3.8, 4) is 0 Å². The summed E-state index contributed by atoms with van der Waals surface area (Å²) in [7, 11) is 0. The molecule has 1 aliphatic carbocycles. The van der Waals surface area contributed by atoms with Crippen LogP contribution < -0.4 is 40.6 Å². The summed E-state index contributed by atoms with van der Waals surface area (Å²) in [6.07, 6.45) is 1.21. The molecule has 4 amide bonds. The van der Waals surface area contributed by atoms with Gasteiger partial charge in [-0.2, -0.15) is 0 Å². The Morgan fingerprint density at radius 1 is 1.35 bits per heavy atom. The van der Waals surface area contributed by atoms with Crippen LogP contribution in [0.4, 0.5) is 9.59 Å². The van der Waals surface area contributed by atoms with E-state index in [9.17, 15) is 24.3 Å². The summed E-state index contributed by atoms with van der Waals surface area (Å²) in [5.41, 5.74) is 5.13. The number of aliphatic carboxylic acids is 1. The third kappa shape index (κ3) is 2.95. The second-order valence-electron chi connectivity index (χ2n) is 6.85. The molecule has 26 heavy (non-hydrogen) atoms. The number of nitrogens with two attached hydrogens (primary N) is 1. The minimum atomic E-state index is -1.26. The average molecular weight is 374 g/mol. The van der Waals surface area contributed by atoms with Crippen molar-refractivity contribution in [1.82, 2.24) is 15.1 Å². The van der Waals surface area contributed by atoms with Crippen molar-refractivity contribution in [1.29, 1.82) is 0 Å². The van der Waals surface area contributed by atoms with E-state index >= 15 is 0 Å². The molecule has 0 aromatic rings. The van der Waals surface area contributed by atoms with Gasteiger partial charge < -0.3 is 27.2 Å². The summed E-state index contributed by atoms with van der Waals surface area (Å²) in [6, 6.07) is -1.05. The molecule has 10 nitrogen and oxygen atoms in total. The molecule has 3 aliphatic heterocycles. The summed E-state index contributed by atoms with van der Waals surface area (Å²) in [5, 5.41) is 12.4. The second kappa shape index (κ2) is 6.75. The molecule has 0 radical (unpaired) electrons. The van der Waals surface area contributed by atoms with Gasteiger partial charge in [-0.05, 0) is 24.8 Å². The maximum absolute atomic E-state index is 12.5. The van der Waals surface area contributed by atoms with Crippen LogP contribution >= 0.6 is 0 Å². The van der Waals surface area contributed by atoms with Crippen molar-refractivity contribution in [2.75, 3.05) is 13.2 Å². The second-order valence-corrected chi connectivity index (χ2v) is 6.85. The number of primary amides is 1. The van der Waals surface area contributed by atoms with Gasteiger partial charge in [-0.25, -0.2) is 14.4 Å². The van der Waals surface area contributed by atoms with Crippen LogP contribution in [0.3, 0.4) is 0 Å². The van der Waals surface area contributed by atoms with Crippen molar-refractivity contribution in [3.05, 3.63) is 11.3 Å². The average Bonchev–Trinajstić information content (AvgIpc) is 3.27. The van der Waals surface area contributed by atoms with E-state index in [0.29, 0.717) is 18.5 Å². The molecule has 0 unspecified atom stereocenters. The quantitative estimate of drug-likeness (QED) is 0.342. The van der Waals surface area contributed by atoms with Crippen molar-refractivity contribution in [2.24, 2.45) is 11.7 Å². The fourth-order valence-corrected chi connectivity index (χ4v) is 4.02. The molecule has 3 heterocycles. The predicted octanol–water partition coefficient (Wildman–Crippen LogP) is -3.68. The minimum absolute atomic E-state index is 0. The number of likely N-dealkylation sites (tertiary alicyclic amines) is 1. The van der Waals surface area contributed by atoms with Crippen molar-refractivity contribution < 1.29 is 60.0 Å². The van der Waals surface area contributed by atoms with Crippen LogP contribution in [0.5, 0.6) is 0 Å². The number of β-lactam (4-membered cyclic amide) rings is 1. The normalized spacial score (nSPS) is 28.8. The minimum Gasteiger partial charge on any atom is -1.00 e. The van der Waals surface area contributed by atoms with Crippen LogP contribution in [0.2, 0.25) is 0 Å². The molecule has 3 fully saturated rings. The largest absolute Gasteiger partial charge is 1.00 e. The Balaban J connectivity index is 0.00000131. The molecule has 0 bridgehead atoms. The number of carbonyl (C=O) groups is 4. The Labute approximate surface area is 172 Å². The smallest absolute Gasteiger partial charge is 1.00 e. The van der Waals surface area contributed by atoms with Crippen molar-refractivity contribution >= 4 is 24.0 Å². The van der Waals surface area contributed by atoms with Gasteiger partial charge >= 0.3 is 47.7 Å². The Bertz CT molecular complexity index is 727. The zero-order valence-electron chi connectivity index (χ0n) is 15.3. The van der Waals surface area contributed by atoms with Crippen molar-refractivity contribution in [2.45, 2.75) is 37.4 Å². The molecule has 0 aromatic carbocycles. The first kappa shape index (κ1) is 19.0. The van der Waals surface area contributed by atoms with Crippen LogP contribution in [0.25, 0.3) is 0 Å². The van der Waals surface area contributed by atoms with E-state index in [4.69, 9.17) is 10.5 Å². The van der Waals surface area contributed by atoms with E-state index in [1.54, 1.807) is 0 Å². The summed E-state index contributed by atoms with van der Waals surface area (Å²) < 4.78 is 4.73. The zero-order valence-corrected chi connectivity index (χ0v) is 16.3. The van der Waals surface area contributed by atoms with E-state index in [2.05, 4.69) is 5.32 Å². The number of amides is 4. The molecular weight excluding hydrogens is 355 g/mol. The van der Waals surface area contributed by atoms with E-state index in [0.717, 1.165) is 12.8 Å². The molecule has 0 aromatic heterocycles. The molecule has 3 atom stereocenters. The zero-order chi connectivity index (χ0) is 17.9. The molecule has 2 saturated heterocycles. The Hall–Kier alpha value is -1.78. The van der Waals surface area contributed by atoms with Gasteiger partial charge in [0.15, 0.2) is 0 Å². The van der Waals surface area contributed by atoms with E-state index < -0.39 is 24.0 Å². The molecule has 4 rings (SSSR count). The number of rotatable bonds is 4.